The first-order valence-electron chi connectivity index (χ1n) is 5.77. The van der Waals surface area contributed by atoms with Crippen LogP contribution in [-0.2, 0) is 9.84 Å². The number of sulfone groups is 1. The summed E-state index contributed by atoms with van der Waals surface area (Å²) in [7, 11) is -2.93. The minimum Gasteiger partial charge on any atom is -0.397 e. The Kier molecular flexibility index (Phi) is 3.96. The summed E-state index contributed by atoms with van der Waals surface area (Å²) in [6.07, 6.45) is 1.94. The molecule has 0 aliphatic carbocycles. The van der Waals surface area contributed by atoms with Gasteiger partial charge in [-0.2, -0.15) is 0 Å². The number of anilines is 1. The molecule has 1 saturated heterocycles. The lowest BCUT2D eigenvalue weighted by Crippen LogP contribution is -2.30. The number of nitrogen functional groups attached to an aromatic ring is 1. The molecule has 0 radical (unpaired) electrons. The predicted molar refractivity (Wildman–Crippen MR) is 72.8 cm³/mol. The highest BCUT2D eigenvalue weighted by Gasteiger charge is 2.28. The molecular formula is C11H14ClN3O3S. The molecule has 1 unspecified atom stereocenters. The molecule has 104 valence electrons. The van der Waals surface area contributed by atoms with Crippen LogP contribution >= 0.6 is 11.6 Å². The average molecular weight is 304 g/mol. The van der Waals surface area contributed by atoms with Gasteiger partial charge >= 0.3 is 0 Å². The maximum absolute atomic E-state index is 11.9. The van der Waals surface area contributed by atoms with Crippen molar-refractivity contribution in [2.45, 2.75) is 6.42 Å². The molecule has 8 heteroatoms. The van der Waals surface area contributed by atoms with Gasteiger partial charge in [0, 0.05) is 6.54 Å². The van der Waals surface area contributed by atoms with E-state index in [1.807, 2.05) is 0 Å². The Balaban J connectivity index is 1.97. The highest BCUT2D eigenvalue weighted by molar-refractivity contribution is 7.91. The van der Waals surface area contributed by atoms with Crippen LogP contribution in [0.1, 0.15) is 16.8 Å². The Morgan fingerprint density at radius 1 is 1.58 bits per heavy atom. The largest absolute Gasteiger partial charge is 0.397 e. The molecule has 0 aromatic carbocycles. The molecule has 0 spiro atoms. The number of halogens is 1. The molecule has 1 atom stereocenters. The lowest BCUT2D eigenvalue weighted by atomic mass is 10.1. The van der Waals surface area contributed by atoms with E-state index in [0.29, 0.717) is 18.7 Å². The molecule has 19 heavy (non-hydrogen) atoms. The van der Waals surface area contributed by atoms with Crippen molar-refractivity contribution in [2.24, 2.45) is 5.92 Å². The number of hydrogen-bond acceptors (Lipinski definition) is 5. The van der Waals surface area contributed by atoms with Crippen molar-refractivity contribution in [3.05, 3.63) is 23.0 Å². The molecule has 1 aromatic rings. The first kappa shape index (κ1) is 14.1. The van der Waals surface area contributed by atoms with E-state index in [9.17, 15) is 13.2 Å². The summed E-state index contributed by atoms with van der Waals surface area (Å²) in [6.45, 7) is 0.309. The second-order valence-corrected chi connectivity index (χ2v) is 7.17. The van der Waals surface area contributed by atoms with Crippen molar-refractivity contribution in [3.8, 4) is 0 Å². The number of carbonyl (C=O) groups excluding carboxylic acids is 1. The molecule has 0 bridgehead atoms. The van der Waals surface area contributed by atoms with E-state index in [1.165, 1.54) is 12.3 Å². The first-order chi connectivity index (χ1) is 8.87. The first-order valence-corrected chi connectivity index (χ1v) is 7.97. The zero-order valence-electron chi connectivity index (χ0n) is 10.1. The molecule has 1 aliphatic rings. The molecule has 0 saturated carbocycles. The molecule has 6 nitrogen and oxygen atoms in total. The summed E-state index contributed by atoms with van der Waals surface area (Å²) < 4.78 is 22.6. The molecule has 1 amide bonds. The van der Waals surface area contributed by atoms with E-state index >= 15 is 0 Å². The van der Waals surface area contributed by atoms with Gasteiger partial charge in [0.15, 0.2) is 9.84 Å². The van der Waals surface area contributed by atoms with Gasteiger partial charge in [-0.3, -0.25) is 4.79 Å². The van der Waals surface area contributed by atoms with E-state index in [-0.39, 0.29) is 28.1 Å². The number of rotatable bonds is 3. The van der Waals surface area contributed by atoms with Crippen molar-refractivity contribution in [1.82, 2.24) is 10.3 Å². The highest BCUT2D eigenvalue weighted by Crippen LogP contribution is 2.18. The van der Waals surface area contributed by atoms with Crippen LogP contribution in [0, 0.1) is 5.92 Å². The van der Waals surface area contributed by atoms with Gasteiger partial charge in [0.2, 0.25) is 0 Å². The Bertz CT molecular complexity index is 603. The third-order valence-corrected chi connectivity index (χ3v) is 5.12. The maximum Gasteiger partial charge on any atom is 0.254 e. The minimum atomic E-state index is -2.93. The average Bonchev–Trinajstić information content (AvgIpc) is 2.69. The van der Waals surface area contributed by atoms with Crippen LogP contribution < -0.4 is 11.1 Å². The number of carbonyl (C=O) groups is 1. The van der Waals surface area contributed by atoms with Crippen molar-refractivity contribution in [3.63, 3.8) is 0 Å². The zero-order chi connectivity index (χ0) is 14.0. The van der Waals surface area contributed by atoms with Crippen LogP contribution in [0.2, 0.25) is 5.15 Å². The summed E-state index contributed by atoms with van der Waals surface area (Å²) in [5.41, 5.74) is 6.08. The number of amides is 1. The quantitative estimate of drug-likeness (QED) is 0.791. The summed E-state index contributed by atoms with van der Waals surface area (Å²) >= 11 is 5.81. The van der Waals surface area contributed by atoms with Crippen molar-refractivity contribution < 1.29 is 13.2 Å². The van der Waals surface area contributed by atoms with Crippen LogP contribution in [0.3, 0.4) is 0 Å². The van der Waals surface area contributed by atoms with E-state index in [1.54, 1.807) is 0 Å². The van der Waals surface area contributed by atoms with Crippen molar-refractivity contribution >= 4 is 33.0 Å². The highest BCUT2D eigenvalue weighted by atomic mass is 35.5. The summed E-state index contributed by atoms with van der Waals surface area (Å²) in [6, 6.07) is 1.44. The fraction of sp³-hybridized carbons (Fsp3) is 0.455. The molecule has 2 rings (SSSR count). The second kappa shape index (κ2) is 5.34. The lowest BCUT2D eigenvalue weighted by Gasteiger charge is -2.10. The number of hydrogen-bond donors (Lipinski definition) is 2. The topological polar surface area (TPSA) is 102 Å². The van der Waals surface area contributed by atoms with Crippen LogP contribution in [0.4, 0.5) is 5.69 Å². The van der Waals surface area contributed by atoms with Crippen LogP contribution in [-0.4, -0.2) is 37.4 Å². The number of nitrogens with zero attached hydrogens (tertiary/aromatic N) is 1. The molecule has 1 aliphatic heterocycles. The van der Waals surface area contributed by atoms with Gasteiger partial charge in [0.05, 0.1) is 29.0 Å². The molecule has 1 aromatic heterocycles. The Morgan fingerprint density at radius 2 is 2.32 bits per heavy atom. The second-order valence-electron chi connectivity index (χ2n) is 4.59. The summed E-state index contributed by atoms with van der Waals surface area (Å²) in [4.78, 5) is 15.7. The van der Waals surface area contributed by atoms with Gasteiger partial charge in [-0.1, -0.05) is 11.6 Å². The van der Waals surface area contributed by atoms with Gasteiger partial charge in [-0.15, -0.1) is 0 Å². The Morgan fingerprint density at radius 3 is 2.95 bits per heavy atom. The monoisotopic (exact) mass is 303 g/mol. The Hall–Kier alpha value is -1.34. The van der Waals surface area contributed by atoms with Crippen LogP contribution in [0.15, 0.2) is 12.3 Å². The number of nitrogens with two attached hydrogens (primary N) is 1. The third-order valence-electron chi connectivity index (χ3n) is 2.98. The fourth-order valence-electron chi connectivity index (χ4n) is 1.99. The van der Waals surface area contributed by atoms with Gasteiger partial charge in [-0.25, -0.2) is 13.4 Å². The molecule has 2 heterocycles. The standard InChI is InChI=1S/C11H14ClN3O3S/c12-10-9(3-8(13)5-14-10)11(16)15-4-7-1-2-19(17,18)6-7/h3,5,7H,1-2,4,6,13H2,(H,15,16). The van der Waals surface area contributed by atoms with E-state index in [4.69, 9.17) is 17.3 Å². The molecular weight excluding hydrogens is 290 g/mol. The van der Waals surface area contributed by atoms with Gasteiger partial charge in [-0.05, 0) is 18.4 Å². The van der Waals surface area contributed by atoms with Crippen LogP contribution in [0.5, 0.6) is 0 Å². The molecule has 3 N–H and O–H groups in total. The van der Waals surface area contributed by atoms with Crippen molar-refractivity contribution in [1.29, 1.82) is 0 Å². The maximum atomic E-state index is 11.9. The number of pyridine rings is 1. The predicted octanol–water partition coefficient (Wildman–Crippen LogP) is 0.482. The number of nitrogens with one attached hydrogen (secondary N) is 1. The fourth-order valence-corrected chi connectivity index (χ4v) is 4.04. The van der Waals surface area contributed by atoms with Gasteiger partial charge < -0.3 is 11.1 Å². The number of aromatic nitrogens is 1. The van der Waals surface area contributed by atoms with Gasteiger partial charge in [0.1, 0.15) is 5.15 Å². The SMILES string of the molecule is Nc1cnc(Cl)c(C(=O)NCC2CCS(=O)(=O)C2)c1. The minimum absolute atomic E-state index is 0.0401. The zero-order valence-corrected chi connectivity index (χ0v) is 11.7. The summed E-state index contributed by atoms with van der Waals surface area (Å²) in [5, 5.41) is 2.74. The lowest BCUT2D eigenvalue weighted by molar-refractivity contribution is 0.0948. The van der Waals surface area contributed by atoms with E-state index in [2.05, 4.69) is 10.3 Å². The van der Waals surface area contributed by atoms with Crippen LogP contribution in [0.25, 0.3) is 0 Å². The summed E-state index contributed by atoms with van der Waals surface area (Å²) in [5.74, 6) is -0.125. The van der Waals surface area contributed by atoms with E-state index < -0.39 is 15.7 Å². The van der Waals surface area contributed by atoms with E-state index in [0.717, 1.165) is 0 Å². The van der Waals surface area contributed by atoms with Crippen molar-refractivity contribution in [2.75, 3.05) is 23.8 Å². The molecule has 1 fully saturated rings. The Labute approximate surface area is 116 Å². The third kappa shape index (κ3) is 3.57. The smallest absolute Gasteiger partial charge is 0.254 e. The van der Waals surface area contributed by atoms with Gasteiger partial charge in [0.25, 0.3) is 5.91 Å². The normalized spacial score (nSPS) is 21.2.